The number of Topliss-reactive ketones (excluding diaryl/α,β-unsaturated/α-hetero) is 1. The average molecular weight is 833 g/mol. The summed E-state index contributed by atoms with van der Waals surface area (Å²) in [6.07, 6.45) is 8.75. The monoisotopic (exact) mass is 831 g/mol. The number of rotatable bonds is 11. The lowest BCUT2D eigenvalue weighted by Gasteiger charge is -2.72. The van der Waals surface area contributed by atoms with Gasteiger partial charge in [-0.05, 0) is 155 Å². The molecule has 2 aromatic rings. The molecule has 7 rings (SSSR count). The van der Waals surface area contributed by atoms with Crippen LogP contribution in [0.4, 0.5) is 0 Å². The standard InChI is InChI=1S/C49H70ClN3O6/c1-30(2)41-35(54)28-49(27-33-26-39(55)53(52(33)25-24-51(10)11)32-14-12-31(50)13-15-32)23-22-47(8)34(42(41)49)16-17-37-46(7)20-19-38(59-40(56)29-44(3,4)43(57)58)45(5,6)36(46)18-21-48(37,47)9/h12-15,26,30,34,36-38H,16-25,27-29H2,1-11H3,(H,57,58)/t34-,36+,37-,38+,46+,47-,48-,49-/m1/s1. The molecule has 1 aromatic heterocycles. The van der Waals surface area contributed by atoms with Crippen molar-refractivity contribution in [3.8, 4) is 5.69 Å². The van der Waals surface area contributed by atoms with Crippen molar-refractivity contribution in [2.75, 3.05) is 20.6 Å². The summed E-state index contributed by atoms with van der Waals surface area (Å²) in [7, 11) is 4.11. The molecule has 0 radical (unpaired) electrons. The molecule has 0 spiro atoms. The van der Waals surface area contributed by atoms with Gasteiger partial charge >= 0.3 is 11.9 Å². The number of esters is 1. The van der Waals surface area contributed by atoms with E-state index in [-0.39, 0.29) is 57.0 Å². The second kappa shape index (κ2) is 15.0. The highest BCUT2D eigenvalue weighted by Crippen LogP contribution is 2.77. The van der Waals surface area contributed by atoms with E-state index < -0.39 is 17.4 Å². The fourth-order valence-corrected chi connectivity index (χ4v) is 14.3. The predicted molar refractivity (Wildman–Crippen MR) is 233 cm³/mol. The number of carboxylic acids is 1. The molecule has 5 aliphatic carbocycles. The van der Waals surface area contributed by atoms with E-state index in [2.05, 4.69) is 72.1 Å². The van der Waals surface area contributed by atoms with Crippen molar-refractivity contribution in [2.24, 2.45) is 56.2 Å². The van der Waals surface area contributed by atoms with Gasteiger partial charge in [-0.1, -0.05) is 65.6 Å². The summed E-state index contributed by atoms with van der Waals surface area (Å²) in [5.41, 5.74) is 2.50. The van der Waals surface area contributed by atoms with Crippen molar-refractivity contribution in [3.63, 3.8) is 0 Å². The number of halogens is 1. The smallest absolute Gasteiger partial charge is 0.309 e. The van der Waals surface area contributed by atoms with Gasteiger partial charge in [0.2, 0.25) is 0 Å². The number of carboxylic acid groups (broad SMARTS) is 1. The number of carbonyl (C=O) groups is 3. The first-order valence-corrected chi connectivity index (χ1v) is 22.7. The Morgan fingerprint density at radius 2 is 1.61 bits per heavy atom. The highest BCUT2D eigenvalue weighted by atomic mass is 35.5. The average Bonchev–Trinajstić information content (AvgIpc) is 3.60. The number of allylic oxidation sites excluding steroid dienone is 2. The molecule has 1 aromatic carbocycles. The van der Waals surface area contributed by atoms with E-state index in [0.717, 1.165) is 74.9 Å². The van der Waals surface area contributed by atoms with Crippen LogP contribution in [0.3, 0.4) is 0 Å². The lowest BCUT2D eigenvalue weighted by Crippen LogP contribution is -2.65. The molecular formula is C49H70ClN3O6. The summed E-state index contributed by atoms with van der Waals surface area (Å²) in [6, 6.07) is 9.29. The van der Waals surface area contributed by atoms with Crippen molar-refractivity contribution in [1.29, 1.82) is 0 Å². The van der Waals surface area contributed by atoms with E-state index in [1.54, 1.807) is 18.5 Å². The number of ether oxygens (including phenoxy) is 1. The second-order valence-corrected chi connectivity index (χ2v) is 22.5. The van der Waals surface area contributed by atoms with Gasteiger partial charge < -0.3 is 14.7 Å². The molecule has 0 amide bonds. The number of hydrogen-bond donors (Lipinski definition) is 1. The first-order valence-electron chi connectivity index (χ1n) is 22.3. The molecule has 5 aliphatic rings. The molecule has 4 fully saturated rings. The molecule has 0 unspecified atom stereocenters. The number of ketones is 1. The van der Waals surface area contributed by atoms with Crippen molar-refractivity contribution in [1.82, 2.24) is 14.3 Å². The number of nitrogens with zero attached hydrogens (tertiary/aromatic N) is 3. The van der Waals surface area contributed by atoms with Gasteiger partial charge in [0.05, 0.1) is 24.1 Å². The van der Waals surface area contributed by atoms with Gasteiger partial charge in [0, 0.05) is 40.6 Å². The second-order valence-electron chi connectivity index (χ2n) is 22.0. The van der Waals surface area contributed by atoms with E-state index >= 15 is 0 Å². The number of hydrogen-bond acceptors (Lipinski definition) is 6. The minimum atomic E-state index is -1.17. The molecule has 1 heterocycles. The van der Waals surface area contributed by atoms with Crippen LogP contribution in [0, 0.1) is 56.2 Å². The zero-order chi connectivity index (χ0) is 43.2. The van der Waals surface area contributed by atoms with Crippen LogP contribution >= 0.6 is 11.6 Å². The Bertz CT molecular complexity index is 2090. The lowest BCUT2D eigenvalue weighted by atomic mass is 9.33. The van der Waals surface area contributed by atoms with E-state index in [1.807, 2.05) is 30.3 Å². The van der Waals surface area contributed by atoms with Crippen LogP contribution in [0.25, 0.3) is 5.69 Å². The highest BCUT2D eigenvalue weighted by Gasteiger charge is 2.70. The van der Waals surface area contributed by atoms with Crippen molar-refractivity contribution in [2.45, 2.75) is 146 Å². The van der Waals surface area contributed by atoms with E-state index in [0.29, 0.717) is 42.0 Å². The fraction of sp³-hybridized carbons (Fsp3) is 0.714. The largest absolute Gasteiger partial charge is 0.481 e. The Morgan fingerprint density at radius 3 is 2.24 bits per heavy atom. The highest BCUT2D eigenvalue weighted by molar-refractivity contribution is 6.30. The molecule has 59 heavy (non-hydrogen) atoms. The van der Waals surface area contributed by atoms with Crippen molar-refractivity contribution < 1.29 is 24.2 Å². The minimum Gasteiger partial charge on any atom is -0.481 e. The molecule has 324 valence electrons. The lowest BCUT2D eigenvalue weighted by molar-refractivity contribution is -0.233. The van der Waals surface area contributed by atoms with Gasteiger partial charge in [-0.25, -0.2) is 4.68 Å². The topological polar surface area (TPSA) is 111 Å². The van der Waals surface area contributed by atoms with Gasteiger partial charge in [-0.2, -0.15) is 0 Å². The van der Waals surface area contributed by atoms with Gasteiger partial charge in [0.25, 0.3) is 5.56 Å². The number of aromatic nitrogens is 2. The molecule has 0 aliphatic heterocycles. The molecule has 8 atom stereocenters. The Labute approximate surface area is 357 Å². The van der Waals surface area contributed by atoms with E-state index in [4.69, 9.17) is 16.3 Å². The van der Waals surface area contributed by atoms with Gasteiger partial charge in [-0.15, -0.1) is 0 Å². The number of likely N-dealkylation sites (N-methyl/N-ethyl adjacent to an activating group) is 1. The third-order valence-corrected chi connectivity index (χ3v) is 17.6. The van der Waals surface area contributed by atoms with E-state index in [1.165, 1.54) is 5.57 Å². The Morgan fingerprint density at radius 1 is 0.932 bits per heavy atom. The molecular weight excluding hydrogens is 762 g/mol. The van der Waals surface area contributed by atoms with Crippen LogP contribution < -0.4 is 5.56 Å². The van der Waals surface area contributed by atoms with Crippen LogP contribution in [0.1, 0.15) is 132 Å². The molecule has 10 heteroatoms. The maximum Gasteiger partial charge on any atom is 0.309 e. The third kappa shape index (κ3) is 7.00. The summed E-state index contributed by atoms with van der Waals surface area (Å²) >= 11 is 6.28. The van der Waals surface area contributed by atoms with E-state index in [9.17, 15) is 24.3 Å². The first kappa shape index (κ1) is 43.9. The van der Waals surface area contributed by atoms with Crippen LogP contribution in [0.2, 0.25) is 5.02 Å². The maximum atomic E-state index is 14.5. The molecule has 0 bridgehead atoms. The number of aliphatic carboxylic acids is 1. The zero-order valence-corrected chi connectivity index (χ0v) is 38.4. The van der Waals surface area contributed by atoms with Crippen molar-refractivity contribution >= 4 is 29.3 Å². The maximum absolute atomic E-state index is 14.5. The van der Waals surface area contributed by atoms with Gasteiger partial charge in [-0.3, -0.25) is 23.9 Å². The van der Waals surface area contributed by atoms with Crippen LogP contribution in [0.5, 0.6) is 0 Å². The number of carbonyl (C=O) groups excluding carboxylic acids is 2. The normalized spacial score (nSPS) is 34.0. The quantitative estimate of drug-likeness (QED) is 0.225. The van der Waals surface area contributed by atoms with Crippen LogP contribution in [-0.2, 0) is 32.1 Å². The SMILES string of the molecule is CC(C)C1=C2[C@H]3CC[C@@H]4[C@@]5(C)CC[C@H](OC(=O)CC(C)(C)C(=O)O)C(C)(C)[C@@H]5CC[C@@]4(C)[C@]3(C)CC[C@@]2(Cc2cc(=O)n(-c3ccc(Cl)cc3)n2CCN(C)C)CC1=O. The van der Waals surface area contributed by atoms with Gasteiger partial charge in [0.15, 0.2) is 5.78 Å². The Kier molecular flexibility index (Phi) is 11.2. The first-order chi connectivity index (χ1) is 27.4. The molecule has 0 saturated heterocycles. The number of fused-ring (bicyclic) bond motifs is 7. The molecule has 4 saturated carbocycles. The predicted octanol–water partition coefficient (Wildman–Crippen LogP) is 9.79. The van der Waals surface area contributed by atoms with Crippen molar-refractivity contribution in [3.05, 3.63) is 62.5 Å². The fourth-order valence-electron chi connectivity index (χ4n) is 14.2. The summed E-state index contributed by atoms with van der Waals surface area (Å²) in [6.45, 7) is 21.2. The third-order valence-electron chi connectivity index (χ3n) is 17.4. The summed E-state index contributed by atoms with van der Waals surface area (Å²) in [5.74, 6) is 0.121. The Hall–Kier alpha value is -3.17. The van der Waals surface area contributed by atoms with Crippen LogP contribution in [0.15, 0.2) is 46.3 Å². The summed E-state index contributed by atoms with van der Waals surface area (Å²) in [5, 5.41) is 10.3. The zero-order valence-electron chi connectivity index (χ0n) is 37.7. The minimum absolute atomic E-state index is 0.0107. The Balaban J connectivity index is 1.22. The summed E-state index contributed by atoms with van der Waals surface area (Å²) < 4.78 is 10.2. The van der Waals surface area contributed by atoms with Gasteiger partial charge in [0.1, 0.15) is 6.10 Å². The molecule has 1 N–H and O–H groups in total. The summed E-state index contributed by atoms with van der Waals surface area (Å²) in [4.78, 5) is 55.6. The number of benzene rings is 1. The molecule has 9 nitrogen and oxygen atoms in total. The van der Waals surface area contributed by atoms with Crippen LogP contribution in [-0.4, -0.2) is 63.8 Å².